The van der Waals surface area contributed by atoms with E-state index < -0.39 is 42.0 Å². The van der Waals surface area contributed by atoms with Gasteiger partial charge in [0.1, 0.15) is 5.82 Å². The molecule has 0 fully saturated rings. The van der Waals surface area contributed by atoms with Crippen LogP contribution in [0.25, 0.3) is 0 Å². The maximum atomic E-state index is 13.8. The van der Waals surface area contributed by atoms with E-state index in [1.165, 1.54) is 16.8 Å². The van der Waals surface area contributed by atoms with Crippen molar-refractivity contribution in [3.8, 4) is 0 Å². The SMILES string of the molecule is C[C@H](NC(=O)Cc1c(C(F)(F)F)nn2c1N(Cc1ccc(C(F)(F)F)cc1)CC2)c1ccc(Br)cc1. The summed E-state index contributed by atoms with van der Waals surface area (Å²) in [5.41, 5.74) is -0.931. The molecular formula is C24H21BrF6N4O. The first-order valence-corrected chi connectivity index (χ1v) is 11.7. The molecular weight excluding hydrogens is 554 g/mol. The fourth-order valence-corrected chi connectivity index (χ4v) is 4.44. The maximum Gasteiger partial charge on any atom is 0.435 e. The van der Waals surface area contributed by atoms with Gasteiger partial charge in [0, 0.05) is 23.1 Å². The summed E-state index contributed by atoms with van der Waals surface area (Å²) in [5.74, 6) is -0.457. The zero-order chi connectivity index (χ0) is 26.3. The molecule has 1 amide bonds. The van der Waals surface area contributed by atoms with Crippen LogP contribution < -0.4 is 10.2 Å². The molecule has 192 valence electrons. The van der Waals surface area contributed by atoms with Crippen molar-refractivity contribution in [3.63, 3.8) is 0 Å². The highest BCUT2D eigenvalue weighted by molar-refractivity contribution is 9.10. The lowest BCUT2D eigenvalue weighted by Crippen LogP contribution is -2.30. The molecule has 3 aromatic rings. The van der Waals surface area contributed by atoms with Gasteiger partial charge in [-0.05, 0) is 42.3 Å². The highest BCUT2D eigenvalue weighted by Gasteiger charge is 2.42. The Labute approximate surface area is 211 Å². The second-order valence-electron chi connectivity index (χ2n) is 8.51. The molecule has 2 aromatic carbocycles. The molecule has 1 aromatic heterocycles. The first-order valence-electron chi connectivity index (χ1n) is 11.0. The quantitative estimate of drug-likeness (QED) is 0.361. The first-order chi connectivity index (χ1) is 16.8. The number of carbonyl (C=O) groups is 1. The molecule has 12 heteroatoms. The minimum atomic E-state index is -4.77. The van der Waals surface area contributed by atoms with E-state index in [4.69, 9.17) is 0 Å². The van der Waals surface area contributed by atoms with Gasteiger partial charge >= 0.3 is 12.4 Å². The average Bonchev–Trinajstić information content (AvgIpc) is 3.34. The van der Waals surface area contributed by atoms with Crippen molar-refractivity contribution in [1.29, 1.82) is 0 Å². The Morgan fingerprint density at radius 2 is 1.64 bits per heavy atom. The number of anilines is 1. The summed E-state index contributed by atoms with van der Waals surface area (Å²) in [6.07, 6.45) is -9.81. The standard InChI is InChI=1S/C24H21BrF6N4O/c1-14(16-4-8-18(25)9-5-16)32-20(36)12-19-21(24(29,30)31)33-35-11-10-34(22(19)35)13-15-2-6-17(7-3-15)23(26,27)28/h2-9,14H,10-13H2,1H3,(H,32,36)/t14-/m0/s1. The Hall–Kier alpha value is -3.02. The number of rotatable bonds is 6. The van der Waals surface area contributed by atoms with Gasteiger partial charge in [-0.1, -0.05) is 40.2 Å². The van der Waals surface area contributed by atoms with Crippen LogP contribution in [0.1, 0.15) is 40.9 Å². The largest absolute Gasteiger partial charge is 0.435 e. The van der Waals surface area contributed by atoms with E-state index in [2.05, 4.69) is 26.3 Å². The van der Waals surface area contributed by atoms with Crippen LogP contribution in [0.5, 0.6) is 0 Å². The maximum absolute atomic E-state index is 13.8. The zero-order valence-corrected chi connectivity index (χ0v) is 20.5. The number of halogens is 7. The van der Waals surface area contributed by atoms with Crippen molar-refractivity contribution in [1.82, 2.24) is 15.1 Å². The predicted octanol–water partition coefficient (Wildman–Crippen LogP) is 6.12. The van der Waals surface area contributed by atoms with Crippen molar-refractivity contribution in [2.24, 2.45) is 0 Å². The first kappa shape index (κ1) is 26.1. The Bertz CT molecular complexity index is 1240. The van der Waals surface area contributed by atoms with Gasteiger partial charge < -0.3 is 10.2 Å². The zero-order valence-electron chi connectivity index (χ0n) is 18.9. The Balaban J connectivity index is 1.57. The van der Waals surface area contributed by atoms with Gasteiger partial charge in [-0.25, -0.2) is 4.68 Å². The number of nitrogens with zero attached hydrogens (tertiary/aromatic N) is 3. The van der Waals surface area contributed by atoms with E-state index in [9.17, 15) is 31.1 Å². The third-order valence-electron chi connectivity index (χ3n) is 5.91. The number of carbonyl (C=O) groups excluding carboxylic acids is 1. The average molecular weight is 575 g/mol. The van der Waals surface area contributed by atoms with E-state index in [1.807, 2.05) is 0 Å². The summed E-state index contributed by atoms with van der Waals surface area (Å²) in [6.45, 7) is 2.28. The van der Waals surface area contributed by atoms with Crippen LogP contribution in [0.3, 0.4) is 0 Å². The van der Waals surface area contributed by atoms with Gasteiger partial charge in [0.2, 0.25) is 5.91 Å². The predicted molar refractivity (Wildman–Crippen MR) is 124 cm³/mol. The van der Waals surface area contributed by atoms with Crippen LogP contribution in [0.15, 0.2) is 53.0 Å². The van der Waals surface area contributed by atoms with Crippen molar-refractivity contribution < 1.29 is 31.1 Å². The summed E-state index contributed by atoms with van der Waals surface area (Å²) in [5, 5.41) is 6.44. The molecule has 0 unspecified atom stereocenters. The van der Waals surface area contributed by atoms with Crippen molar-refractivity contribution >= 4 is 27.7 Å². The number of alkyl halides is 6. The molecule has 1 N–H and O–H groups in total. The number of nitrogens with one attached hydrogen (secondary N) is 1. The summed E-state index contributed by atoms with van der Waals surface area (Å²) >= 11 is 3.32. The molecule has 0 radical (unpaired) electrons. The molecule has 1 aliphatic heterocycles. The van der Waals surface area contributed by atoms with Gasteiger partial charge in [0.15, 0.2) is 5.69 Å². The Kier molecular flexibility index (Phi) is 7.09. The molecule has 0 bridgehead atoms. The van der Waals surface area contributed by atoms with Gasteiger partial charge in [0.25, 0.3) is 0 Å². The van der Waals surface area contributed by atoms with Crippen molar-refractivity contribution in [2.45, 2.75) is 44.8 Å². The third kappa shape index (κ3) is 5.69. The van der Waals surface area contributed by atoms with Crippen LogP contribution >= 0.6 is 15.9 Å². The third-order valence-corrected chi connectivity index (χ3v) is 6.44. The normalized spacial score (nSPS) is 14.6. The van der Waals surface area contributed by atoms with Gasteiger partial charge in [-0.15, -0.1) is 0 Å². The van der Waals surface area contributed by atoms with Gasteiger partial charge in [-0.3, -0.25) is 4.79 Å². The molecule has 1 aliphatic rings. The minimum absolute atomic E-state index is 0.0744. The number of benzene rings is 2. The van der Waals surface area contributed by atoms with Gasteiger partial charge in [-0.2, -0.15) is 31.4 Å². The summed E-state index contributed by atoms with van der Waals surface area (Å²) in [7, 11) is 0. The van der Waals surface area contributed by atoms with E-state index in [-0.39, 0.29) is 24.5 Å². The molecule has 1 atom stereocenters. The monoisotopic (exact) mass is 574 g/mol. The smallest absolute Gasteiger partial charge is 0.350 e. The molecule has 5 nitrogen and oxygen atoms in total. The highest BCUT2D eigenvalue weighted by atomic mass is 79.9. The van der Waals surface area contributed by atoms with Crippen molar-refractivity contribution in [3.05, 3.63) is 81.0 Å². The topological polar surface area (TPSA) is 50.2 Å². The number of fused-ring (bicyclic) bond motifs is 1. The Morgan fingerprint density at radius 3 is 2.22 bits per heavy atom. The van der Waals surface area contributed by atoms with E-state index in [1.54, 1.807) is 36.1 Å². The number of aromatic nitrogens is 2. The molecule has 4 rings (SSSR count). The van der Waals surface area contributed by atoms with E-state index in [0.29, 0.717) is 12.1 Å². The minimum Gasteiger partial charge on any atom is -0.350 e. The molecule has 0 spiro atoms. The molecule has 0 saturated heterocycles. The molecule has 36 heavy (non-hydrogen) atoms. The fourth-order valence-electron chi connectivity index (χ4n) is 4.17. The van der Waals surface area contributed by atoms with Crippen molar-refractivity contribution in [2.75, 3.05) is 11.4 Å². The highest BCUT2D eigenvalue weighted by Crippen LogP contribution is 2.39. The van der Waals surface area contributed by atoms with Gasteiger partial charge in [0.05, 0.1) is 24.6 Å². The summed E-state index contributed by atoms with van der Waals surface area (Å²) < 4.78 is 82.0. The lowest BCUT2D eigenvalue weighted by atomic mass is 10.1. The second kappa shape index (κ2) is 9.79. The lowest BCUT2D eigenvalue weighted by Gasteiger charge is -2.21. The van der Waals surface area contributed by atoms with Crippen LogP contribution in [0.4, 0.5) is 32.2 Å². The van der Waals surface area contributed by atoms with E-state index in [0.717, 1.165) is 22.2 Å². The second-order valence-corrected chi connectivity index (χ2v) is 9.42. The molecule has 0 saturated carbocycles. The van der Waals surface area contributed by atoms with Crippen LogP contribution in [0, 0.1) is 0 Å². The Morgan fingerprint density at radius 1 is 1.00 bits per heavy atom. The number of hydrogen-bond acceptors (Lipinski definition) is 3. The van der Waals surface area contributed by atoms with Crippen LogP contribution in [0.2, 0.25) is 0 Å². The van der Waals surface area contributed by atoms with E-state index >= 15 is 0 Å². The summed E-state index contributed by atoms with van der Waals surface area (Å²) in [6, 6.07) is 11.2. The van der Waals surface area contributed by atoms with Crippen LogP contribution in [-0.4, -0.2) is 22.2 Å². The molecule has 2 heterocycles. The summed E-state index contributed by atoms with van der Waals surface area (Å²) in [4.78, 5) is 14.4. The lowest BCUT2D eigenvalue weighted by molar-refractivity contribution is -0.142. The number of amides is 1. The molecule has 0 aliphatic carbocycles. The van der Waals surface area contributed by atoms with Crippen LogP contribution in [-0.2, 0) is 36.7 Å². The fraction of sp³-hybridized carbons (Fsp3) is 0.333. The number of hydrogen-bond donors (Lipinski definition) is 1.